The van der Waals surface area contributed by atoms with E-state index in [4.69, 9.17) is 4.74 Å². The molecule has 0 spiro atoms. The Labute approximate surface area is 149 Å². The molecule has 0 aromatic heterocycles. The van der Waals surface area contributed by atoms with E-state index in [1.807, 2.05) is 36.1 Å². The van der Waals surface area contributed by atoms with Gasteiger partial charge in [-0.05, 0) is 37.5 Å². The van der Waals surface area contributed by atoms with E-state index < -0.39 is 0 Å². The van der Waals surface area contributed by atoms with Gasteiger partial charge in [-0.2, -0.15) is 0 Å². The summed E-state index contributed by atoms with van der Waals surface area (Å²) in [5.74, 6) is 0.775. The molecule has 2 aliphatic rings. The van der Waals surface area contributed by atoms with Crippen molar-refractivity contribution in [2.24, 2.45) is 5.92 Å². The first-order valence-electron chi connectivity index (χ1n) is 9.09. The van der Waals surface area contributed by atoms with Gasteiger partial charge in [-0.25, -0.2) is 4.79 Å². The van der Waals surface area contributed by atoms with Crippen LogP contribution in [0.4, 0.5) is 4.79 Å². The van der Waals surface area contributed by atoms with Crippen LogP contribution in [-0.2, 0) is 4.79 Å². The van der Waals surface area contributed by atoms with Crippen LogP contribution in [0.15, 0.2) is 24.3 Å². The first-order valence-corrected chi connectivity index (χ1v) is 9.09. The molecule has 2 atom stereocenters. The van der Waals surface area contributed by atoms with Gasteiger partial charge in [-0.15, -0.1) is 0 Å². The maximum Gasteiger partial charge on any atom is 0.317 e. The molecule has 3 rings (SSSR count). The summed E-state index contributed by atoms with van der Waals surface area (Å²) < 4.78 is 5.33. The van der Waals surface area contributed by atoms with Gasteiger partial charge in [0.2, 0.25) is 5.91 Å². The molecule has 1 aromatic rings. The van der Waals surface area contributed by atoms with E-state index in [2.05, 4.69) is 5.32 Å². The van der Waals surface area contributed by atoms with Crippen molar-refractivity contribution in [1.29, 1.82) is 0 Å². The second-order valence-electron chi connectivity index (χ2n) is 6.76. The minimum atomic E-state index is -0.187. The Hall–Kier alpha value is -2.24. The number of hydrogen-bond acceptors (Lipinski definition) is 3. The molecule has 0 radical (unpaired) electrons. The standard InChI is InChI=1S/C19H27N3O3/c1-3-20-19(24)22-12-16(14-7-6-8-15(11-14)25-2)17(13-22)18(23)21-9-4-5-10-21/h6-8,11,16-17H,3-5,9-10,12-13H2,1-2H3,(H,20,24). The average Bonchev–Trinajstić information content (AvgIpc) is 3.31. The van der Waals surface area contributed by atoms with Crippen molar-refractivity contribution < 1.29 is 14.3 Å². The number of nitrogens with zero attached hydrogens (tertiary/aromatic N) is 2. The Bertz CT molecular complexity index is 628. The zero-order valence-corrected chi connectivity index (χ0v) is 15.0. The Morgan fingerprint density at radius 2 is 1.96 bits per heavy atom. The van der Waals surface area contributed by atoms with Gasteiger partial charge in [0.05, 0.1) is 13.0 Å². The Morgan fingerprint density at radius 1 is 1.20 bits per heavy atom. The number of methoxy groups -OCH3 is 1. The van der Waals surface area contributed by atoms with Gasteiger partial charge >= 0.3 is 6.03 Å². The summed E-state index contributed by atoms with van der Waals surface area (Å²) in [5, 5.41) is 2.85. The molecule has 136 valence electrons. The molecule has 1 aromatic carbocycles. The minimum absolute atomic E-state index is 0.00538. The number of ether oxygens (including phenoxy) is 1. The normalized spacial score (nSPS) is 23.0. The van der Waals surface area contributed by atoms with Gasteiger partial charge in [-0.1, -0.05) is 12.1 Å². The lowest BCUT2D eigenvalue weighted by Gasteiger charge is -2.24. The van der Waals surface area contributed by atoms with Gasteiger partial charge in [0.1, 0.15) is 5.75 Å². The summed E-state index contributed by atoms with van der Waals surface area (Å²) in [6.07, 6.45) is 2.14. The molecule has 0 saturated carbocycles. The predicted molar refractivity (Wildman–Crippen MR) is 95.7 cm³/mol. The van der Waals surface area contributed by atoms with Crippen molar-refractivity contribution in [2.45, 2.75) is 25.7 Å². The molecule has 2 heterocycles. The topological polar surface area (TPSA) is 61.9 Å². The van der Waals surface area contributed by atoms with Crippen LogP contribution >= 0.6 is 0 Å². The van der Waals surface area contributed by atoms with Crippen molar-refractivity contribution in [3.05, 3.63) is 29.8 Å². The maximum absolute atomic E-state index is 13.0. The smallest absolute Gasteiger partial charge is 0.317 e. The lowest BCUT2D eigenvalue weighted by Crippen LogP contribution is -2.40. The number of nitrogens with one attached hydrogen (secondary N) is 1. The summed E-state index contributed by atoms with van der Waals surface area (Å²) in [7, 11) is 1.64. The van der Waals surface area contributed by atoms with Gasteiger partial charge in [0.25, 0.3) is 0 Å². The summed E-state index contributed by atoms with van der Waals surface area (Å²) in [5.41, 5.74) is 1.06. The Balaban J connectivity index is 1.85. The van der Waals surface area contributed by atoms with Crippen molar-refractivity contribution in [3.8, 4) is 5.75 Å². The fourth-order valence-electron chi connectivity index (χ4n) is 3.86. The third-order valence-corrected chi connectivity index (χ3v) is 5.19. The highest BCUT2D eigenvalue weighted by atomic mass is 16.5. The fraction of sp³-hybridized carbons (Fsp3) is 0.579. The number of urea groups is 1. The first kappa shape index (κ1) is 17.6. The van der Waals surface area contributed by atoms with Gasteiger partial charge in [0, 0.05) is 38.6 Å². The summed E-state index contributed by atoms with van der Waals surface area (Å²) in [6, 6.07) is 7.76. The van der Waals surface area contributed by atoms with E-state index in [0.29, 0.717) is 19.6 Å². The van der Waals surface area contributed by atoms with Crippen molar-refractivity contribution >= 4 is 11.9 Å². The van der Waals surface area contributed by atoms with Crippen LogP contribution in [0, 0.1) is 5.92 Å². The average molecular weight is 345 g/mol. The van der Waals surface area contributed by atoms with E-state index in [1.165, 1.54) is 0 Å². The zero-order chi connectivity index (χ0) is 17.8. The lowest BCUT2D eigenvalue weighted by molar-refractivity contribution is -0.134. The number of benzene rings is 1. The molecule has 6 nitrogen and oxygen atoms in total. The molecule has 25 heavy (non-hydrogen) atoms. The van der Waals surface area contributed by atoms with Crippen LogP contribution in [0.2, 0.25) is 0 Å². The molecule has 3 amide bonds. The van der Waals surface area contributed by atoms with Gasteiger partial charge in [-0.3, -0.25) is 4.79 Å². The fourth-order valence-corrected chi connectivity index (χ4v) is 3.86. The number of likely N-dealkylation sites (tertiary alicyclic amines) is 2. The largest absolute Gasteiger partial charge is 0.497 e. The van der Waals surface area contributed by atoms with E-state index in [9.17, 15) is 9.59 Å². The summed E-state index contributed by atoms with van der Waals surface area (Å²) >= 11 is 0. The van der Waals surface area contributed by atoms with Gasteiger partial charge < -0.3 is 19.9 Å². The van der Waals surface area contributed by atoms with E-state index >= 15 is 0 Å². The van der Waals surface area contributed by atoms with Gasteiger partial charge in [0.15, 0.2) is 0 Å². The third-order valence-electron chi connectivity index (χ3n) is 5.19. The highest BCUT2D eigenvalue weighted by molar-refractivity contribution is 5.83. The molecule has 6 heteroatoms. The second kappa shape index (κ2) is 7.76. The summed E-state index contributed by atoms with van der Waals surface area (Å²) in [6.45, 7) is 5.19. The summed E-state index contributed by atoms with van der Waals surface area (Å²) in [4.78, 5) is 29.1. The number of carbonyl (C=O) groups is 2. The first-order chi connectivity index (χ1) is 12.1. The zero-order valence-electron chi connectivity index (χ0n) is 15.0. The minimum Gasteiger partial charge on any atom is -0.497 e. The van der Waals surface area contributed by atoms with E-state index in [0.717, 1.165) is 37.2 Å². The monoisotopic (exact) mass is 345 g/mol. The number of hydrogen-bond donors (Lipinski definition) is 1. The quantitative estimate of drug-likeness (QED) is 0.909. The molecular weight excluding hydrogens is 318 g/mol. The maximum atomic E-state index is 13.0. The number of rotatable bonds is 4. The molecule has 2 saturated heterocycles. The molecule has 2 unspecified atom stereocenters. The number of amides is 3. The van der Waals surface area contributed by atoms with E-state index in [-0.39, 0.29) is 23.8 Å². The molecule has 1 N–H and O–H groups in total. The van der Waals surface area contributed by atoms with E-state index in [1.54, 1.807) is 12.0 Å². The van der Waals surface area contributed by atoms with Crippen molar-refractivity contribution in [3.63, 3.8) is 0 Å². The molecule has 2 fully saturated rings. The number of carbonyl (C=O) groups excluding carboxylic acids is 2. The Kier molecular flexibility index (Phi) is 5.46. The Morgan fingerprint density at radius 3 is 2.64 bits per heavy atom. The molecule has 0 bridgehead atoms. The SMILES string of the molecule is CCNC(=O)N1CC(C(=O)N2CCCC2)C(c2cccc(OC)c2)C1. The van der Waals surface area contributed by atoms with Crippen LogP contribution in [-0.4, -0.2) is 61.6 Å². The van der Waals surface area contributed by atoms with Crippen molar-refractivity contribution in [2.75, 3.05) is 39.8 Å². The second-order valence-corrected chi connectivity index (χ2v) is 6.76. The van der Waals surface area contributed by atoms with Crippen molar-refractivity contribution in [1.82, 2.24) is 15.1 Å². The molecular formula is C19H27N3O3. The predicted octanol–water partition coefficient (Wildman–Crippen LogP) is 2.06. The third kappa shape index (κ3) is 3.72. The highest BCUT2D eigenvalue weighted by Gasteiger charge is 2.42. The van der Waals surface area contributed by atoms with Crippen LogP contribution in [0.1, 0.15) is 31.2 Å². The molecule has 0 aliphatic carbocycles. The van der Waals surface area contributed by atoms with Crippen LogP contribution < -0.4 is 10.1 Å². The van der Waals surface area contributed by atoms with Crippen LogP contribution in [0.5, 0.6) is 5.75 Å². The highest BCUT2D eigenvalue weighted by Crippen LogP contribution is 2.36. The lowest BCUT2D eigenvalue weighted by atomic mass is 9.88. The van der Waals surface area contributed by atoms with Crippen LogP contribution in [0.25, 0.3) is 0 Å². The van der Waals surface area contributed by atoms with Crippen LogP contribution in [0.3, 0.4) is 0 Å². The molecule has 2 aliphatic heterocycles.